The van der Waals surface area contributed by atoms with Crippen molar-refractivity contribution < 1.29 is 23.8 Å². The van der Waals surface area contributed by atoms with Gasteiger partial charge in [0.05, 0.1) is 27.1 Å². The number of esters is 1. The summed E-state index contributed by atoms with van der Waals surface area (Å²) in [5, 5.41) is 14.3. The van der Waals surface area contributed by atoms with Crippen molar-refractivity contribution in [2.75, 3.05) is 32.4 Å². The molecule has 0 saturated heterocycles. The van der Waals surface area contributed by atoms with Crippen molar-refractivity contribution in [1.82, 2.24) is 14.8 Å². The minimum absolute atomic E-state index is 0.0551. The van der Waals surface area contributed by atoms with Gasteiger partial charge in [0, 0.05) is 23.1 Å². The zero-order valence-electron chi connectivity index (χ0n) is 22.0. The summed E-state index contributed by atoms with van der Waals surface area (Å²) >= 11 is 2.51. The molecule has 0 bridgehead atoms. The average molecular weight is 565 g/mol. The summed E-state index contributed by atoms with van der Waals surface area (Å²) in [6, 6.07) is 13.3. The van der Waals surface area contributed by atoms with Gasteiger partial charge in [0.2, 0.25) is 5.91 Å². The van der Waals surface area contributed by atoms with Crippen LogP contribution in [0, 0.1) is 6.92 Å². The minimum Gasteiger partial charge on any atom is -0.493 e. The summed E-state index contributed by atoms with van der Waals surface area (Å²) in [6.07, 6.45) is 1.73. The molecule has 0 aliphatic carbocycles. The lowest BCUT2D eigenvalue weighted by molar-refractivity contribution is -0.113. The molecule has 2 heterocycles. The van der Waals surface area contributed by atoms with Gasteiger partial charge in [-0.3, -0.25) is 9.36 Å². The Morgan fingerprint density at radius 2 is 1.77 bits per heavy atom. The summed E-state index contributed by atoms with van der Waals surface area (Å²) in [7, 11) is 4.47. The molecule has 11 heteroatoms. The zero-order valence-corrected chi connectivity index (χ0v) is 23.6. The van der Waals surface area contributed by atoms with Crippen LogP contribution in [0.4, 0.5) is 5.00 Å². The van der Waals surface area contributed by atoms with Crippen LogP contribution in [0.15, 0.2) is 65.7 Å². The Kier molecular flexibility index (Phi) is 9.05. The molecule has 202 valence electrons. The van der Waals surface area contributed by atoms with E-state index in [9.17, 15) is 9.59 Å². The number of methoxy groups -OCH3 is 3. The van der Waals surface area contributed by atoms with Crippen LogP contribution in [0.25, 0.3) is 22.5 Å². The Morgan fingerprint density at radius 3 is 2.44 bits per heavy atom. The molecule has 0 aliphatic rings. The molecule has 39 heavy (non-hydrogen) atoms. The van der Waals surface area contributed by atoms with Gasteiger partial charge >= 0.3 is 5.97 Å². The van der Waals surface area contributed by atoms with Crippen LogP contribution in [0.3, 0.4) is 0 Å². The van der Waals surface area contributed by atoms with Crippen LogP contribution >= 0.6 is 23.1 Å². The Morgan fingerprint density at radius 1 is 1.05 bits per heavy atom. The second-order valence-corrected chi connectivity index (χ2v) is 10.1. The van der Waals surface area contributed by atoms with Gasteiger partial charge in [0.25, 0.3) is 0 Å². The molecule has 0 unspecified atom stereocenters. The number of aryl methyl sites for hydroxylation is 1. The number of nitrogens with one attached hydrogen (secondary N) is 1. The number of carbonyl (C=O) groups is 2. The van der Waals surface area contributed by atoms with Crippen LogP contribution in [0.1, 0.15) is 15.9 Å². The third-order valence-corrected chi connectivity index (χ3v) is 7.66. The summed E-state index contributed by atoms with van der Waals surface area (Å²) in [5.74, 6) is 1.03. The molecule has 4 aromatic rings. The first kappa shape index (κ1) is 27.9. The van der Waals surface area contributed by atoms with Crippen LogP contribution < -0.4 is 14.8 Å². The van der Waals surface area contributed by atoms with E-state index in [1.165, 1.54) is 30.2 Å². The van der Waals surface area contributed by atoms with E-state index >= 15 is 0 Å². The number of thiophene rings is 1. The smallest absolute Gasteiger partial charge is 0.341 e. The Labute approximate surface area is 234 Å². The molecule has 0 aliphatic heterocycles. The van der Waals surface area contributed by atoms with E-state index in [1.54, 1.807) is 26.4 Å². The van der Waals surface area contributed by atoms with Crippen LogP contribution in [0.2, 0.25) is 0 Å². The number of hydrogen-bond donors (Lipinski definition) is 1. The van der Waals surface area contributed by atoms with Gasteiger partial charge < -0.3 is 19.5 Å². The van der Waals surface area contributed by atoms with Gasteiger partial charge in [-0.2, -0.15) is 0 Å². The van der Waals surface area contributed by atoms with E-state index in [0.717, 1.165) is 16.7 Å². The predicted molar refractivity (Wildman–Crippen MR) is 154 cm³/mol. The predicted octanol–water partition coefficient (Wildman–Crippen LogP) is 5.70. The number of rotatable bonds is 11. The number of anilines is 1. The summed E-state index contributed by atoms with van der Waals surface area (Å²) in [4.78, 5) is 25.6. The number of aromatic nitrogens is 3. The number of allylic oxidation sites excluding steroid dienone is 1. The Hall–Kier alpha value is -4.09. The van der Waals surface area contributed by atoms with E-state index in [-0.39, 0.29) is 11.7 Å². The molecule has 0 fully saturated rings. The SMILES string of the molecule is C=CCn1c(SCC(=O)Nc2scc(-c3ccc(C)cc3)c2C(=O)OC)nnc1-c1ccc(OC)c(OC)c1. The van der Waals surface area contributed by atoms with Crippen molar-refractivity contribution in [3.05, 3.63) is 71.6 Å². The Bertz CT molecular complexity index is 1490. The van der Waals surface area contributed by atoms with E-state index in [4.69, 9.17) is 14.2 Å². The van der Waals surface area contributed by atoms with Gasteiger partial charge in [-0.25, -0.2) is 4.79 Å². The second-order valence-electron chi connectivity index (χ2n) is 8.32. The van der Waals surface area contributed by atoms with Crippen LogP contribution in [-0.2, 0) is 16.1 Å². The molecular formula is C28H28N4O5S2. The van der Waals surface area contributed by atoms with E-state index in [0.29, 0.717) is 45.2 Å². The highest BCUT2D eigenvalue weighted by Crippen LogP contribution is 2.37. The maximum atomic E-state index is 13.0. The number of thioether (sulfide) groups is 1. The fourth-order valence-corrected chi connectivity index (χ4v) is 5.59. The van der Waals surface area contributed by atoms with Gasteiger partial charge in [-0.1, -0.05) is 47.7 Å². The number of ether oxygens (including phenoxy) is 3. The summed E-state index contributed by atoms with van der Waals surface area (Å²) in [5.41, 5.74) is 3.80. The molecule has 9 nitrogen and oxygen atoms in total. The Balaban J connectivity index is 1.53. The van der Waals surface area contributed by atoms with Crippen molar-refractivity contribution >= 4 is 40.0 Å². The molecule has 0 saturated carbocycles. The number of carbonyl (C=O) groups excluding carboxylic acids is 2. The number of amides is 1. The molecule has 2 aromatic carbocycles. The van der Waals surface area contributed by atoms with Gasteiger partial charge in [0.15, 0.2) is 22.5 Å². The highest BCUT2D eigenvalue weighted by atomic mass is 32.2. The van der Waals surface area contributed by atoms with Crippen LogP contribution in [0.5, 0.6) is 11.5 Å². The van der Waals surface area contributed by atoms with Crippen molar-refractivity contribution in [3.63, 3.8) is 0 Å². The molecular weight excluding hydrogens is 536 g/mol. The highest BCUT2D eigenvalue weighted by Gasteiger charge is 2.23. The first-order valence-corrected chi connectivity index (χ1v) is 13.7. The van der Waals surface area contributed by atoms with Crippen molar-refractivity contribution in [1.29, 1.82) is 0 Å². The lowest BCUT2D eigenvalue weighted by Crippen LogP contribution is -2.16. The lowest BCUT2D eigenvalue weighted by Gasteiger charge is -2.11. The molecule has 4 rings (SSSR count). The standard InChI is InChI=1S/C28H28N4O5S2/c1-6-13-32-25(19-11-12-21(35-3)22(14-19)36-4)30-31-28(32)39-16-23(33)29-26-24(27(34)37-5)20(15-38-26)18-9-7-17(2)8-10-18/h6-12,14-15H,1,13,16H2,2-5H3,(H,29,33). The largest absolute Gasteiger partial charge is 0.493 e. The molecule has 1 amide bonds. The number of nitrogens with zero attached hydrogens (tertiary/aromatic N) is 3. The third kappa shape index (κ3) is 6.15. The molecule has 0 atom stereocenters. The van der Waals surface area contributed by atoms with Crippen LogP contribution in [-0.4, -0.2) is 53.7 Å². The van der Waals surface area contributed by atoms with Crippen molar-refractivity contribution in [2.24, 2.45) is 0 Å². The molecule has 1 N–H and O–H groups in total. The fraction of sp³-hybridized carbons (Fsp3) is 0.214. The van der Waals surface area contributed by atoms with Gasteiger partial charge in [-0.15, -0.1) is 28.1 Å². The minimum atomic E-state index is -0.514. The van der Waals surface area contributed by atoms with Crippen molar-refractivity contribution in [3.8, 4) is 34.0 Å². The highest BCUT2D eigenvalue weighted by molar-refractivity contribution is 7.99. The van der Waals surface area contributed by atoms with Gasteiger partial charge in [0.1, 0.15) is 10.6 Å². The quantitative estimate of drug-likeness (QED) is 0.141. The zero-order chi connectivity index (χ0) is 27.9. The topological polar surface area (TPSA) is 105 Å². The molecule has 0 radical (unpaired) electrons. The maximum Gasteiger partial charge on any atom is 0.341 e. The monoisotopic (exact) mass is 564 g/mol. The van der Waals surface area contributed by atoms with E-state index < -0.39 is 5.97 Å². The number of hydrogen-bond acceptors (Lipinski definition) is 9. The third-order valence-electron chi connectivity index (χ3n) is 5.80. The molecule has 2 aromatic heterocycles. The molecule has 0 spiro atoms. The van der Waals surface area contributed by atoms with E-state index in [2.05, 4.69) is 22.1 Å². The lowest BCUT2D eigenvalue weighted by atomic mass is 10.0. The normalized spacial score (nSPS) is 10.7. The first-order chi connectivity index (χ1) is 18.9. The average Bonchev–Trinajstić information content (AvgIpc) is 3.55. The summed E-state index contributed by atoms with van der Waals surface area (Å²) in [6.45, 7) is 6.27. The summed E-state index contributed by atoms with van der Waals surface area (Å²) < 4.78 is 17.6. The number of benzene rings is 2. The van der Waals surface area contributed by atoms with Gasteiger partial charge in [-0.05, 0) is 30.7 Å². The first-order valence-electron chi connectivity index (χ1n) is 11.9. The maximum absolute atomic E-state index is 13.0. The second kappa shape index (κ2) is 12.6. The fourth-order valence-electron chi connectivity index (χ4n) is 3.87. The van der Waals surface area contributed by atoms with Crippen molar-refractivity contribution in [2.45, 2.75) is 18.6 Å². The van der Waals surface area contributed by atoms with E-state index in [1.807, 2.05) is 53.3 Å².